The molecule has 5 rings (SSSR count). The molecule has 2 aromatic rings. The largest absolute Gasteiger partial charge is 0.494 e. The fraction of sp³-hybridized carbons (Fsp3) is 0.457. The number of anilines is 2. The highest BCUT2D eigenvalue weighted by atomic mass is 35.5. The van der Waals surface area contributed by atoms with Crippen LogP contribution in [-0.4, -0.2) is 77.3 Å². The monoisotopic (exact) mass is 635 g/mol. The molecule has 0 aliphatic carbocycles. The van der Waals surface area contributed by atoms with Crippen molar-refractivity contribution in [2.75, 3.05) is 36.1 Å². The maximum atomic E-state index is 14.7. The Labute approximate surface area is 270 Å². The third-order valence-electron chi connectivity index (χ3n) is 9.74. The molecule has 7 atom stereocenters. The molecule has 0 radical (unpaired) electrons. The molecule has 45 heavy (non-hydrogen) atoms. The van der Waals surface area contributed by atoms with Gasteiger partial charge >= 0.3 is 0 Å². The van der Waals surface area contributed by atoms with Crippen molar-refractivity contribution in [3.05, 3.63) is 78.9 Å². The van der Waals surface area contributed by atoms with E-state index in [0.29, 0.717) is 35.2 Å². The van der Waals surface area contributed by atoms with Crippen molar-refractivity contribution in [2.24, 2.45) is 17.8 Å². The van der Waals surface area contributed by atoms with Gasteiger partial charge < -0.3 is 29.3 Å². The number of carbonyl (C=O) groups excluding carboxylic acids is 3. The van der Waals surface area contributed by atoms with Crippen LogP contribution in [-0.2, 0) is 19.1 Å². The quantitative estimate of drug-likeness (QED) is 0.334. The van der Waals surface area contributed by atoms with Crippen molar-refractivity contribution >= 4 is 40.7 Å². The van der Waals surface area contributed by atoms with E-state index in [4.69, 9.17) is 21.1 Å². The van der Waals surface area contributed by atoms with Crippen molar-refractivity contribution in [1.82, 2.24) is 4.90 Å². The van der Waals surface area contributed by atoms with Crippen molar-refractivity contribution in [3.8, 4) is 5.75 Å². The number of nitrogens with zero attached hydrogens (tertiary/aromatic N) is 3. The van der Waals surface area contributed by atoms with Crippen LogP contribution in [0.3, 0.4) is 0 Å². The highest BCUT2D eigenvalue weighted by molar-refractivity contribution is 6.30. The Kier molecular flexibility index (Phi) is 9.18. The number of carbonyl (C=O) groups is 3. The Bertz CT molecular complexity index is 1460. The van der Waals surface area contributed by atoms with Gasteiger partial charge in [0, 0.05) is 29.5 Å². The number of likely N-dealkylation sites (tertiary alicyclic amines) is 1. The fourth-order valence-electron chi connectivity index (χ4n) is 7.62. The minimum atomic E-state index is -1.28. The number of aliphatic hydroxyl groups excluding tert-OH is 1. The normalized spacial score (nSPS) is 28.8. The van der Waals surface area contributed by atoms with E-state index in [1.54, 1.807) is 65.3 Å². The highest BCUT2D eigenvalue weighted by Crippen LogP contribution is 2.66. The zero-order chi connectivity index (χ0) is 32.7. The molecule has 240 valence electrons. The molecule has 2 bridgehead atoms. The lowest BCUT2D eigenvalue weighted by Crippen LogP contribution is -2.58. The lowest BCUT2D eigenvalue weighted by atomic mass is 9.62. The van der Waals surface area contributed by atoms with Gasteiger partial charge in [0.1, 0.15) is 17.4 Å². The van der Waals surface area contributed by atoms with Crippen molar-refractivity contribution in [3.63, 3.8) is 0 Å². The molecule has 3 unspecified atom stereocenters. The van der Waals surface area contributed by atoms with Crippen LogP contribution in [0, 0.1) is 17.8 Å². The summed E-state index contributed by atoms with van der Waals surface area (Å²) in [4.78, 5) is 48.6. The maximum absolute atomic E-state index is 14.7. The van der Waals surface area contributed by atoms with Crippen LogP contribution < -0.4 is 14.5 Å². The number of fused-ring (bicyclic) bond motifs is 1. The molecular weight excluding hydrogens is 594 g/mol. The van der Waals surface area contributed by atoms with E-state index in [1.807, 2.05) is 32.9 Å². The SMILES string of the molecule is C=CCN(C(=O)C1N([C@H](C)CO)C(=O)[C@@H]2[C@H](C(=O)N(CC=C)c3ccc(OCC)cc3)[C@@]3(C)OC12CC3C)c1ccc(Cl)cc1. The lowest BCUT2D eigenvalue weighted by molar-refractivity contribution is -0.148. The van der Waals surface area contributed by atoms with Crippen LogP contribution in [0.5, 0.6) is 5.75 Å². The summed E-state index contributed by atoms with van der Waals surface area (Å²) in [5.74, 6) is -2.30. The first-order valence-corrected chi connectivity index (χ1v) is 15.8. The first-order chi connectivity index (χ1) is 21.5. The number of ether oxygens (including phenoxy) is 2. The predicted molar refractivity (Wildman–Crippen MR) is 174 cm³/mol. The van der Waals surface area contributed by atoms with E-state index >= 15 is 0 Å². The molecular formula is C35H42ClN3O6. The molecule has 3 saturated heterocycles. The van der Waals surface area contributed by atoms with Crippen LogP contribution in [0.15, 0.2) is 73.8 Å². The fourth-order valence-corrected chi connectivity index (χ4v) is 7.75. The van der Waals surface area contributed by atoms with E-state index in [-0.39, 0.29) is 43.3 Å². The van der Waals surface area contributed by atoms with E-state index < -0.39 is 35.1 Å². The van der Waals surface area contributed by atoms with Gasteiger partial charge in [0.2, 0.25) is 11.8 Å². The molecule has 3 aliphatic heterocycles. The molecule has 3 aliphatic rings. The summed E-state index contributed by atoms with van der Waals surface area (Å²) < 4.78 is 12.5. The zero-order valence-corrected chi connectivity index (χ0v) is 27.1. The predicted octanol–water partition coefficient (Wildman–Crippen LogP) is 4.87. The van der Waals surface area contributed by atoms with Gasteiger partial charge in [-0.1, -0.05) is 30.7 Å². The summed E-state index contributed by atoms with van der Waals surface area (Å²) in [7, 11) is 0. The van der Waals surface area contributed by atoms with Gasteiger partial charge in [0.15, 0.2) is 0 Å². The first kappa shape index (κ1) is 32.7. The molecule has 3 heterocycles. The molecule has 0 aromatic heterocycles. The van der Waals surface area contributed by atoms with Crippen molar-refractivity contribution in [2.45, 2.75) is 57.4 Å². The second-order valence-electron chi connectivity index (χ2n) is 12.4. The maximum Gasteiger partial charge on any atom is 0.253 e. The van der Waals surface area contributed by atoms with Crippen molar-refractivity contribution < 1.29 is 29.0 Å². The van der Waals surface area contributed by atoms with E-state index in [1.165, 1.54) is 4.90 Å². The van der Waals surface area contributed by atoms with E-state index in [9.17, 15) is 19.5 Å². The third kappa shape index (κ3) is 5.24. The minimum absolute atomic E-state index is 0.149. The Morgan fingerprint density at radius 1 is 1.09 bits per heavy atom. The minimum Gasteiger partial charge on any atom is -0.494 e. The van der Waals surface area contributed by atoms with Crippen LogP contribution in [0.4, 0.5) is 11.4 Å². The number of hydrogen-bond donors (Lipinski definition) is 1. The number of amides is 3. The van der Waals surface area contributed by atoms with Gasteiger partial charge in [-0.3, -0.25) is 14.4 Å². The zero-order valence-electron chi connectivity index (χ0n) is 26.3. The topological polar surface area (TPSA) is 99.6 Å². The molecule has 1 N–H and O–H groups in total. The van der Waals surface area contributed by atoms with Gasteiger partial charge in [0.25, 0.3) is 5.91 Å². The Balaban J connectivity index is 1.60. The van der Waals surface area contributed by atoms with Crippen LogP contribution in [0.2, 0.25) is 5.02 Å². The molecule has 10 heteroatoms. The average molecular weight is 636 g/mol. The van der Waals surface area contributed by atoms with Gasteiger partial charge in [-0.15, -0.1) is 13.2 Å². The number of rotatable bonds is 12. The van der Waals surface area contributed by atoms with Crippen LogP contribution in [0.25, 0.3) is 0 Å². The van der Waals surface area contributed by atoms with Gasteiger partial charge in [0.05, 0.1) is 36.7 Å². The molecule has 3 amide bonds. The first-order valence-electron chi connectivity index (χ1n) is 15.4. The van der Waals surface area contributed by atoms with Gasteiger partial charge in [-0.2, -0.15) is 0 Å². The lowest BCUT2D eigenvalue weighted by Gasteiger charge is -2.39. The second kappa shape index (κ2) is 12.6. The Morgan fingerprint density at radius 2 is 1.64 bits per heavy atom. The Hall–Kier alpha value is -3.66. The average Bonchev–Trinajstić information content (AvgIpc) is 3.55. The number of aliphatic hydroxyl groups is 1. The van der Waals surface area contributed by atoms with Gasteiger partial charge in [-0.25, -0.2) is 0 Å². The number of halogens is 1. The van der Waals surface area contributed by atoms with Crippen molar-refractivity contribution in [1.29, 1.82) is 0 Å². The summed E-state index contributed by atoms with van der Waals surface area (Å²) in [6.07, 6.45) is 3.67. The standard InChI is InChI=1S/C35H42ClN3O6/c1-7-18-37(26-14-16-27(17-15-26)44-9-3)31(41)28-29-32(42)39(23(5)21-40)30(35(29)20-22(4)34(28,6)45-35)33(43)38(19-8-2)25-12-10-24(36)11-13-25/h7-8,10-17,22-23,28-30,40H,1-2,9,18-21H2,3-6H3/t22?,23-,28-,29+,30?,34+,35?/m1/s1. The number of hydrogen-bond acceptors (Lipinski definition) is 6. The smallest absolute Gasteiger partial charge is 0.253 e. The summed E-state index contributed by atoms with van der Waals surface area (Å²) in [6.45, 7) is 15.8. The summed E-state index contributed by atoms with van der Waals surface area (Å²) in [6, 6.07) is 12.3. The van der Waals surface area contributed by atoms with E-state index in [2.05, 4.69) is 13.2 Å². The summed E-state index contributed by atoms with van der Waals surface area (Å²) in [5, 5.41) is 10.8. The molecule has 0 saturated carbocycles. The third-order valence-corrected chi connectivity index (χ3v) is 10.00. The summed E-state index contributed by atoms with van der Waals surface area (Å²) in [5.41, 5.74) is -1.08. The summed E-state index contributed by atoms with van der Waals surface area (Å²) >= 11 is 6.14. The molecule has 9 nitrogen and oxygen atoms in total. The van der Waals surface area contributed by atoms with Gasteiger partial charge in [-0.05, 0) is 81.6 Å². The van der Waals surface area contributed by atoms with E-state index in [0.717, 1.165) is 0 Å². The van der Waals surface area contributed by atoms with Crippen LogP contribution >= 0.6 is 11.6 Å². The highest BCUT2D eigenvalue weighted by Gasteiger charge is 2.80. The molecule has 3 fully saturated rings. The number of benzene rings is 2. The Morgan fingerprint density at radius 3 is 2.18 bits per heavy atom. The second-order valence-corrected chi connectivity index (χ2v) is 12.8. The van der Waals surface area contributed by atoms with Crippen LogP contribution in [0.1, 0.15) is 34.1 Å². The molecule has 1 spiro atoms. The molecule has 2 aromatic carbocycles.